The average Bonchev–Trinajstić information content (AvgIpc) is 2.67. The van der Waals surface area contributed by atoms with Crippen LogP contribution in [-0.4, -0.2) is 31.4 Å². The van der Waals surface area contributed by atoms with E-state index in [-0.39, 0.29) is 5.60 Å². The molecule has 0 saturated carbocycles. The fraction of sp³-hybridized carbons (Fsp3) is 0.833. The lowest BCUT2D eigenvalue weighted by molar-refractivity contribution is 0.0174. The van der Waals surface area contributed by atoms with E-state index in [4.69, 9.17) is 9.47 Å². The molecule has 0 aromatic carbocycles. The molecule has 1 fully saturated rings. The molecule has 3 nitrogen and oxygen atoms in total. The molecule has 2 aliphatic rings. The molecule has 0 aromatic rings. The minimum absolute atomic E-state index is 0.0600. The summed E-state index contributed by atoms with van der Waals surface area (Å²) in [5, 5.41) is 3.45. The van der Waals surface area contributed by atoms with Gasteiger partial charge in [-0.05, 0) is 38.7 Å². The third-order valence-electron chi connectivity index (χ3n) is 3.19. The van der Waals surface area contributed by atoms with Gasteiger partial charge in [-0.15, -0.1) is 0 Å². The minimum atomic E-state index is 0.0600. The van der Waals surface area contributed by atoms with Gasteiger partial charge in [-0.3, -0.25) is 0 Å². The fourth-order valence-electron chi connectivity index (χ4n) is 2.21. The van der Waals surface area contributed by atoms with Gasteiger partial charge in [0.2, 0.25) is 0 Å². The largest absolute Gasteiger partial charge is 0.497 e. The van der Waals surface area contributed by atoms with Gasteiger partial charge in [-0.25, -0.2) is 0 Å². The van der Waals surface area contributed by atoms with Crippen LogP contribution >= 0.6 is 0 Å². The first-order chi connectivity index (χ1) is 7.29. The predicted octanol–water partition coefficient (Wildman–Crippen LogP) is 1.84. The van der Waals surface area contributed by atoms with Gasteiger partial charge < -0.3 is 14.8 Å². The molecule has 2 rings (SSSR count). The summed E-state index contributed by atoms with van der Waals surface area (Å²) in [7, 11) is 0. The maximum Gasteiger partial charge on any atom is 0.110 e. The Morgan fingerprint density at radius 3 is 3.13 bits per heavy atom. The number of nitrogens with one attached hydrogen (secondary N) is 1. The summed E-state index contributed by atoms with van der Waals surface area (Å²) in [5.74, 6) is 0. The van der Waals surface area contributed by atoms with Crippen LogP contribution in [0.25, 0.3) is 0 Å². The van der Waals surface area contributed by atoms with Crippen molar-refractivity contribution in [3.05, 3.63) is 12.3 Å². The summed E-state index contributed by atoms with van der Waals surface area (Å²) in [6, 6.07) is 0. The van der Waals surface area contributed by atoms with Gasteiger partial charge in [-0.1, -0.05) is 0 Å². The quantitative estimate of drug-likeness (QED) is 0.769. The SMILES string of the molecule is CC1(CNCC2CCC=CO2)CCCO1. The lowest BCUT2D eigenvalue weighted by Gasteiger charge is -2.26. The molecule has 0 spiro atoms. The van der Waals surface area contributed by atoms with Crippen LogP contribution < -0.4 is 5.32 Å². The van der Waals surface area contributed by atoms with Crippen molar-refractivity contribution in [2.75, 3.05) is 19.7 Å². The highest BCUT2D eigenvalue weighted by Crippen LogP contribution is 2.23. The van der Waals surface area contributed by atoms with Crippen molar-refractivity contribution >= 4 is 0 Å². The van der Waals surface area contributed by atoms with Gasteiger partial charge in [-0.2, -0.15) is 0 Å². The first kappa shape index (κ1) is 11.0. The van der Waals surface area contributed by atoms with Crippen molar-refractivity contribution in [3.63, 3.8) is 0 Å². The Hall–Kier alpha value is -0.540. The Morgan fingerprint density at radius 2 is 2.47 bits per heavy atom. The molecule has 2 atom stereocenters. The first-order valence-electron chi connectivity index (χ1n) is 5.94. The zero-order chi connectivity index (χ0) is 10.6. The van der Waals surface area contributed by atoms with Crippen molar-refractivity contribution in [3.8, 4) is 0 Å². The van der Waals surface area contributed by atoms with Crippen LogP contribution in [0, 0.1) is 0 Å². The van der Waals surface area contributed by atoms with E-state index in [1.165, 1.54) is 12.8 Å². The van der Waals surface area contributed by atoms with E-state index in [9.17, 15) is 0 Å². The molecule has 86 valence electrons. The maximum atomic E-state index is 5.71. The van der Waals surface area contributed by atoms with E-state index in [2.05, 4.69) is 18.3 Å². The van der Waals surface area contributed by atoms with E-state index in [1.54, 1.807) is 0 Å². The van der Waals surface area contributed by atoms with Crippen molar-refractivity contribution in [2.24, 2.45) is 0 Å². The van der Waals surface area contributed by atoms with Gasteiger partial charge in [0.25, 0.3) is 0 Å². The van der Waals surface area contributed by atoms with Crippen molar-refractivity contribution in [2.45, 2.75) is 44.3 Å². The van der Waals surface area contributed by atoms with E-state index in [0.717, 1.165) is 32.5 Å². The smallest absolute Gasteiger partial charge is 0.110 e. The van der Waals surface area contributed by atoms with Gasteiger partial charge in [0.1, 0.15) is 6.10 Å². The fourth-order valence-corrected chi connectivity index (χ4v) is 2.21. The lowest BCUT2D eigenvalue weighted by atomic mass is 10.0. The molecular weight excluding hydrogens is 190 g/mol. The Kier molecular flexibility index (Phi) is 3.65. The third-order valence-corrected chi connectivity index (χ3v) is 3.19. The Balaban J connectivity index is 1.63. The summed E-state index contributed by atoms with van der Waals surface area (Å²) in [6.45, 7) is 4.98. The molecule has 1 saturated heterocycles. The molecule has 2 heterocycles. The summed E-state index contributed by atoms with van der Waals surface area (Å²) >= 11 is 0. The van der Waals surface area contributed by atoms with Crippen LogP contribution in [0.1, 0.15) is 32.6 Å². The number of allylic oxidation sites excluding steroid dienone is 1. The van der Waals surface area contributed by atoms with Crippen LogP contribution in [0.15, 0.2) is 12.3 Å². The van der Waals surface area contributed by atoms with Crippen LogP contribution in [0.2, 0.25) is 0 Å². The average molecular weight is 211 g/mol. The molecule has 0 radical (unpaired) electrons. The number of ether oxygens (including phenoxy) is 2. The second-order valence-corrected chi connectivity index (χ2v) is 4.74. The molecule has 0 amide bonds. The van der Waals surface area contributed by atoms with Crippen LogP contribution in [0.4, 0.5) is 0 Å². The third kappa shape index (κ3) is 3.21. The van der Waals surface area contributed by atoms with Crippen molar-refractivity contribution in [1.29, 1.82) is 0 Å². The molecular formula is C12H21NO2. The highest BCUT2D eigenvalue weighted by Gasteiger charge is 2.29. The van der Waals surface area contributed by atoms with Gasteiger partial charge in [0.05, 0.1) is 11.9 Å². The molecule has 0 aliphatic carbocycles. The molecule has 0 aromatic heterocycles. The first-order valence-corrected chi connectivity index (χ1v) is 5.94. The van der Waals surface area contributed by atoms with Gasteiger partial charge >= 0.3 is 0 Å². The van der Waals surface area contributed by atoms with E-state index >= 15 is 0 Å². The minimum Gasteiger partial charge on any atom is -0.497 e. The summed E-state index contributed by atoms with van der Waals surface area (Å²) in [6.07, 6.45) is 8.88. The summed E-state index contributed by atoms with van der Waals surface area (Å²) in [5.41, 5.74) is 0.0600. The van der Waals surface area contributed by atoms with Crippen molar-refractivity contribution < 1.29 is 9.47 Å². The second-order valence-electron chi connectivity index (χ2n) is 4.74. The van der Waals surface area contributed by atoms with Crippen LogP contribution in [-0.2, 0) is 9.47 Å². The zero-order valence-corrected chi connectivity index (χ0v) is 9.50. The number of hydrogen-bond acceptors (Lipinski definition) is 3. The normalized spacial score (nSPS) is 35.4. The van der Waals surface area contributed by atoms with Gasteiger partial charge in [0, 0.05) is 19.7 Å². The highest BCUT2D eigenvalue weighted by atomic mass is 16.5. The number of rotatable bonds is 4. The van der Waals surface area contributed by atoms with E-state index in [1.807, 2.05) is 6.26 Å². The van der Waals surface area contributed by atoms with Gasteiger partial charge in [0.15, 0.2) is 0 Å². The Bertz CT molecular complexity index is 222. The predicted molar refractivity (Wildman–Crippen MR) is 59.7 cm³/mol. The summed E-state index contributed by atoms with van der Waals surface area (Å²) in [4.78, 5) is 0. The van der Waals surface area contributed by atoms with Crippen LogP contribution in [0.3, 0.4) is 0 Å². The molecule has 15 heavy (non-hydrogen) atoms. The molecule has 1 N–H and O–H groups in total. The zero-order valence-electron chi connectivity index (χ0n) is 9.50. The lowest BCUT2D eigenvalue weighted by Crippen LogP contribution is -2.40. The topological polar surface area (TPSA) is 30.5 Å². The highest BCUT2D eigenvalue weighted by molar-refractivity contribution is 4.85. The second kappa shape index (κ2) is 4.99. The van der Waals surface area contributed by atoms with E-state index < -0.39 is 0 Å². The number of hydrogen-bond donors (Lipinski definition) is 1. The monoisotopic (exact) mass is 211 g/mol. The maximum absolute atomic E-state index is 5.71. The Labute approximate surface area is 91.8 Å². The molecule has 3 heteroatoms. The molecule has 2 aliphatic heterocycles. The Morgan fingerprint density at radius 1 is 1.53 bits per heavy atom. The van der Waals surface area contributed by atoms with Crippen molar-refractivity contribution in [1.82, 2.24) is 5.32 Å². The standard InChI is InChI=1S/C12H21NO2/c1-12(6-4-8-15-12)10-13-9-11-5-2-3-7-14-11/h3,7,11,13H,2,4-6,8-10H2,1H3. The summed E-state index contributed by atoms with van der Waals surface area (Å²) < 4.78 is 11.2. The molecule has 0 bridgehead atoms. The van der Waals surface area contributed by atoms with Crippen LogP contribution in [0.5, 0.6) is 0 Å². The van der Waals surface area contributed by atoms with E-state index in [0.29, 0.717) is 6.10 Å². The molecule has 2 unspecified atom stereocenters.